The third-order valence-corrected chi connectivity index (χ3v) is 5.22. The molecule has 0 bridgehead atoms. The van der Waals surface area contributed by atoms with Gasteiger partial charge in [0.1, 0.15) is 30.3 Å². The molecule has 2 aromatic heterocycles. The average Bonchev–Trinajstić information content (AvgIpc) is 3.23. The Morgan fingerprint density at radius 1 is 1.20 bits per heavy atom. The quantitative estimate of drug-likeness (QED) is 0.365. The van der Waals surface area contributed by atoms with Crippen molar-refractivity contribution in [2.45, 2.75) is 6.61 Å². The Morgan fingerprint density at radius 3 is 2.77 bits per heavy atom. The minimum absolute atomic E-state index is 0. The van der Waals surface area contributed by atoms with Crippen LogP contribution in [0.25, 0.3) is 10.9 Å². The van der Waals surface area contributed by atoms with E-state index in [9.17, 15) is 9.50 Å². The Labute approximate surface area is 186 Å². The lowest BCUT2D eigenvalue weighted by atomic mass is 10.2. The van der Waals surface area contributed by atoms with E-state index in [0.29, 0.717) is 34.8 Å². The van der Waals surface area contributed by atoms with Crippen molar-refractivity contribution >= 4 is 57.8 Å². The van der Waals surface area contributed by atoms with Gasteiger partial charge in [0, 0.05) is 17.5 Å². The highest BCUT2D eigenvalue weighted by atomic mass is 35.5. The molecule has 4 aromatic rings. The van der Waals surface area contributed by atoms with Gasteiger partial charge in [-0.1, -0.05) is 11.6 Å². The van der Waals surface area contributed by atoms with Crippen LogP contribution in [0, 0.1) is 5.82 Å². The zero-order chi connectivity index (χ0) is 20.4. The highest BCUT2D eigenvalue weighted by Crippen LogP contribution is 2.36. The highest BCUT2D eigenvalue weighted by Gasteiger charge is 2.14. The van der Waals surface area contributed by atoms with Crippen LogP contribution in [0.4, 0.5) is 15.9 Å². The molecule has 0 aliphatic carbocycles. The van der Waals surface area contributed by atoms with Gasteiger partial charge in [0.2, 0.25) is 0 Å². The van der Waals surface area contributed by atoms with E-state index >= 15 is 0 Å². The Hall–Kier alpha value is -2.81. The molecule has 0 unspecified atom stereocenters. The molecule has 0 saturated heterocycles. The molecule has 2 aromatic carbocycles. The maximum atomic E-state index is 14.2. The Bertz CT molecular complexity index is 1180. The number of halogens is 3. The summed E-state index contributed by atoms with van der Waals surface area (Å²) in [6, 6.07) is 7.66. The van der Waals surface area contributed by atoms with E-state index in [2.05, 4.69) is 15.3 Å². The molecule has 0 atom stereocenters. The number of methoxy groups -OCH3 is 1. The van der Waals surface area contributed by atoms with Gasteiger partial charge < -0.3 is 19.9 Å². The molecule has 0 aliphatic rings. The molecule has 0 saturated carbocycles. The largest absolute Gasteiger partial charge is 0.506 e. The van der Waals surface area contributed by atoms with Gasteiger partial charge in [-0.3, -0.25) is 0 Å². The van der Waals surface area contributed by atoms with Crippen molar-refractivity contribution in [2.75, 3.05) is 12.4 Å². The second-order valence-corrected chi connectivity index (χ2v) is 7.26. The fourth-order valence-corrected chi connectivity index (χ4v) is 3.54. The number of aromatic hydroxyl groups is 1. The number of thiophene rings is 1. The lowest BCUT2D eigenvalue weighted by Gasteiger charge is -2.14. The van der Waals surface area contributed by atoms with Gasteiger partial charge in [-0.25, -0.2) is 14.4 Å². The number of anilines is 2. The normalized spacial score (nSPS) is 10.5. The average molecular weight is 468 g/mol. The van der Waals surface area contributed by atoms with Crippen LogP contribution in [0.5, 0.6) is 17.2 Å². The Kier molecular flexibility index (Phi) is 6.81. The monoisotopic (exact) mass is 467 g/mol. The molecule has 0 aliphatic heterocycles. The summed E-state index contributed by atoms with van der Waals surface area (Å²) in [4.78, 5) is 8.46. The van der Waals surface area contributed by atoms with E-state index in [1.54, 1.807) is 23.5 Å². The molecule has 156 valence electrons. The van der Waals surface area contributed by atoms with Crippen LogP contribution in [-0.4, -0.2) is 22.2 Å². The highest BCUT2D eigenvalue weighted by molar-refractivity contribution is 7.07. The number of rotatable bonds is 6. The number of fused-ring (bicyclic) bond motifs is 1. The smallest absolute Gasteiger partial charge is 0.163 e. The minimum Gasteiger partial charge on any atom is -0.506 e. The molecular formula is C20H16Cl2FN3O3S. The summed E-state index contributed by atoms with van der Waals surface area (Å²) in [5.74, 6) is 0.507. The third kappa shape index (κ3) is 4.51. The van der Waals surface area contributed by atoms with Crippen LogP contribution in [0.3, 0.4) is 0 Å². The molecule has 2 heterocycles. The first-order valence-electron chi connectivity index (χ1n) is 8.47. The SMILES string of the molecule is COc1cc2c(Nc3cc(O)c(Cl)cc3F)ncnc2cc1OCc1ccsc1.Cl. The molecule has 0 radical (unpaired) electrons. The third-order valence-electron chi connectivity index (χ3n) is 4.18. The maximum Gasteiger partial charge on any atom is 0.163 e. The predicted octanol–water partition coefficient (Wildman–Crippen LogP) is 5.94. The lowest BCUT2D eigenvalue weighted by Crippen LogP contribution is -2.01. The number of nitrogens with zero attached hydrogens (tertiary/aromatic N) is 2. The number of hydrogen-bond donors (Lipinski definition) is 2. The molecular weight excluding hydrogens is 452 g/mol. The number of aromatic nitrogens is 2. The first-order chi connectivity index (χ1) is 14.0. The van der Waals surface area contributed by atoms with Crippen molar-refractivity contribution < 1.29 is 19.0 Å². The van der Waals surface area contributed by atoms with Gasteiger partial charge in [-0.2, -0.15) is 11.3 Å². The second-order valence-electron chi connectivity index (χ2n) is 6.07. The number of ether oxygens (including phenoxy) is 2. The summed E-state index contributed by atoms with van der Waals surface area (Å²) < 4.78 is 25.5. The van der Waals surface area contributed by atoms with Gasteiger partial charge in [0.05, 0.1) is 23.3 Å². The fraction of sp³-hybridized carbons (Fsp3) is 0.100. The summed E-state index contributed by atoms with van der Waals surface area (Å²) in [5.41, 5.74) is 1.67. The topological polar surface area (TPSA) is 76.5 Å². The van der Waals surface area contributed by atoms with Crippen molar-refractivity contribution in [2.24, 2.45) is 0 Å². The first kappa shape index (κ1) is 21.9. The summed E-state index contributed by atoms with van der Waals surface area (Å²) in [7, 11) is 1.53. The van der Waals surface area contributed by atoms with Gasteiger partial charge in [0.25, 0.3) is 0 Å². The number of phenolic OH excluding ortho intramolecular Hbond substituents is 1. The first-order valence-corrected chi connectivity index (χ1v) is 9.79. The number of benzene rings is 2. The minimum atomic E-state index is -0.623. The van der Waals surface area contributed by atoms with E-state index < -0.39 is 5.82 Å². The summed E-state index contributed by atoms with van der Waals surface area (Å²) >= 11 is 7.33. The molecule has 0 fully saturated rings. The molecule has 2 N–H and O–H groups in total. The van der Waals surface area contributed by atoms with Gasteiger partial charge in [-0.15, -0.1) is 12.4 Å². The van der Waals surface area contributed by atoms with Crippen LogP contribution in [0.15, 0.2) is 47.4 Å². The van der Waals surface area contributed by atoms with Crippen molar-refractivity contribution in [3.8, 4) is 17.2 Å². The molecule has 0 amide bonds. The molecule has 30 heavy (non-hydrogen) atoms. The molecule has 0 spiro atoms. The van der Waals surface area contributed by atoms with Crippen molar-refractivity contribution in [1.29, 1.82) is 0 Å². The van der Waals surface area contributed by atoms with Crippen LogP contribution in [0.1, 0.15) is 5.56 Å². The summed E-state index contributed by atoms with van der Waals surface area (Å²) in [6.45, 7) is 0.400. The van der Waals surface area contributed by atoms with E-state index in [-0.39, 0.29) is 28.9 Å². The molecule has 4 rings (SSSR count). The van der Waals surface area contributed by atoms with Crippen LogP contribution in [0.2, 0.25) is 5.02 Å². The van der Waals surface area contributed by atoms with Gasteiger partial charge in [0.15, 0.2) is 11.5 Å². The van der Waals surface area contributed by atoms with E-state index in [1.165, 1.54) is 19.5 Å². The zero-order valence-electron chi connectivity index (χ0n) is 15.6. The zero-order valence-corrected chi connectivity index (χ0v) is 17.9. The van der Waals surface area contributed by atoms with Crippen LogP contribution in [-0.2, 0) is 6.61 Å². The molecule has 6 nitrogen and oxygen atoms in total. The number of nitrogens with one attached hydrogen (secondary N) is 1. The second kappa shape index (κ2) is 9.34. The predicted molar refractivity (Wildman–Crippen MR) is 118 cm³/mol. The van der Waals surface area contributed by atoms with E-state index in [4.69, 9.17) is 21.1 Å². The maximum absolute atomic E-state index is 14.2. The standard InChI is InChI=1S/C20H15ClFN3O3S.ClH/c1-27-18-4-12-15(7-19(18)28-8-11-2-3-29-9-11)23-10-24-20(12)25-16-6-17(26)13(21)5-14(16)22;/h2-7,9-10,26H,8H2,1H3,(H,23,24,25);1H. The summed E-state index contributed by atoms with van der Waals surface area (Å²) in [6.07, 6.45) is 1.35. The van der Waals surface area contributed by atoms with Crippen LogP contribution >= 0.6 is 35.3 Å². The lowest BCUT2D eigenvalue weighted by molar-refractivity contribution is 0.285. The van der Waals surface area contributed by atoms with E-state index in [0.717, 1.165) is 11.6 Å². The number of hydrogen-bond acceptors (Lipinski definition) is 7. The van der Waals surface area contributed by atoms with Crippen molar-refractivity contribution in [3.63, 3.8) is 0 Å². The fourth-order valence-electron chi connectivity index (χ4n) is 2.73. The summed E-state index contributed by atoms with van der Waals surface area (Å²) in [5, 5.41) is 17.1. The van der Waals surface area contributed by atoms with Crippen molar-refractivity contribution in [3.05, 3.63) is 63.8 Å². The Balaban J connectivity index is 0.00000256. The van der Waals surface area contributed by atoms with Gasteiger partial charge in [-0.05, 0) is 34.5 Å². The van der Waals surface area contributed by atoms with Gasteiger partial charge >= 0.3 is 0 Å². The van der Waals surface area contributed by atoms with Crippen LogP contribution < -0.4 is 14.8 Å². The molecule has 10 heteroatoms. The van der Waals surface area contributed by atoms with E-state index in [1.807, 2.05) is 16.8 Å². The van der Waals surface area contributed by atoms with Crippen molar-refractivity contribution in [1.82, 2.24) is 9.97 Å². The number of phenols is 1. The Morgan fingerprint density at radius 2 is 2.03 bits per heavy atom.